The molecule has 0 radical (unpaired) electrons. The average Bonchev–Trinajstić information content (AvgIpc) is 2.39. The van der Waals surface area contributed by atoms with Gasteiger partial charge in [-0.1, -0.05) is 23.7 Å². The summed E-state index contributed by atoms with van der Waals surface area (Å²) in [6.07, 6.45) is 0. The van der Waals surface area contributed by atoms with Crippen LogP contribution in [0.2, 0.25) is 5.02 Å². The smallest absolute Gasteiger partial charge is 0.270 e. The molecule has 0 aliphatic heterocycles. The first-order valence-corrected chi connectivity index (χ1v) is 5.92. The molecule has 2 rings (SSSR count). The van der Waals surface area contributed by atoms with E-state index in [1.54, 1.807) is 30.3 Å². The summed E-state index contributed by atoms with van der Waals surface area (Å²) in [5, 5.41) is 11.2. The fraction of sp³-hybridized carbons (Fsp3) is 0.0714. The van der Waals surface area contributed by atoms with E-state index < -0.39 is 4.92 Å². The van der Waals surface area contributed by atoms with E-state index in [1.807, 2.05) is 0 Å². The van der Waals surface area contributed by atoms with Gasteiger partial charge in [0.1, 0.15) is 0 Å². The zero-order valence-corrected chi connectivity index (χ0v) is 10.8. The number of hydrogen-bond donors (Lipinski definition) is 0. The second kappa shape index (κ2) is 5.20. The summed E-state index contributed by atoms with van der Waals surface area (Å²) in [6.45, 7) is 1.46. The Morgan fingerprint density at radius 1 is 1.21 bits per heavy atom. The van der Waals surface area contributed by atoms with Crippen molar-refractivity contribution in [2.24, 2.45) is 0 Å². The average molecular weight is 276 g/mol. The van der Waals surface area contributed by atoms with Crippen LogP contribution in [0.15, 0.2) is 42.5 Å². The SMILES string of the molecule is CC(=O)c1ccc(Cl)c(-c2cccc([N+](=O)[O-])c2)c1. The van der Waals surface area contributed by atoms with Crippen molar-refractivity contribution in [1.29, 1.82) is 0 Å². The predicted octanol–water partition coefficient (Wildman–Crippen LogP) is 4.12. The van der Waals surface area contributed by atoms with Crippen LogP contribution in [0.1, 0.15) is 17.3 Å². The third-order valence-corrected chi connectivity index (χ3v) is 3.07. The van der Waals surface area contributed by atoms with E-state index in [-0.39, 0.29) is 11.5 Å². The lowest BCUT2D eigenvalue weighted by Crippen LogP contribution is -1.93. The van der Waals surface area contributed by atoms with Gasteiger partial charge in [-0.15, -0.1) is 0 Å². The summed E-state index contributed by atoms with van der Waals surface area (Å²) in [5.74, 6) is -0.0802. The number of rotatable bonds is 3. The van der Waals surface area contributed by atoms with Crippen molar-refractivity contribution in [2.45, 2.75) is 6.92 Å². The van der Waals surface area contributed by atoms with Crippen molar-refractivity contribution >= 4 is 23.1 Å². The highest BCUT2D eigenvalue weighted by Gasteiger charge is 2.11. The van der Waals surface area contributed by atoms with E-state index >= 15 is 0 Å². The van der Waals surface area contributed by atoms with Crippen LogP contribution in [0, 0.1) is 10.1 Å². The molecule has 2 aromatic rings. The molecule has 96 valence electrons. The maximum atomic E-state index is 11.4. The third-order valence-electron chi connectivity index (χ3n) is 2.74. The molecule has 0 bridgehead atoms. The summed E-state index contributed by atoms with van der Waals surface area (Å²) in [4.78, 5) is 21.7. The Kier molecular flexibility index (Phi) is 3.62. The number of nitro benzene ring substituents is 1. The molecule has 0 aliphatic rings. The molecule has 0 saturated heterocycles. The quantitative estimate of drug-likeness (QED) is 0.481. The molecule has 4 nitrogen and oxygen atoms in total. The number of carbonyl (C=O) groups excluding carboxylic acids is 1. The highest BCUT2D eigenvalue weighted by molar-refractivity contribution is 6.33. The van der Waals surface area contributed by atoms with Crippen LogP contribution < -0.4 is 0 Å². The summed E-state index contributed by atoms with van der Waals surface area (Å²) in [5.41, 5.74) is 1.73. The fourth-order valence-corrected chi connectivity index (χ4v) is 1.98. The van der Waals surface area contributed by atoms with Gasteiger partial charge in [0.25, 0.3) is 5.69 Å². The maximum Gasteiger partial charge on any atom is 0.270 e. The lowest BCUT2D eigenvalue weighted by molar-refractivity contribution is -0.384. The number of carbonyl (C=O) groups is 1. The Labute approximate surface area is 114 Å². The minimum Gasteiger partial charge on any atom is -0.295 e. The largest absolute Gasteiger partial charge is 0.295 e. The summed E-state index contributed by atoms with van der Waals surface area (Å²) >= 11 is 6.09. The molecule has 5 heteroatoms. The molecule has 0 fully saturated rings. The second-order valence-corrected chi connectivity index (χ2v) is 4.47. The third kappa shape index (κ3) is 2.80. The molecule has 0 heterocycles. The highest BCUT2D eigenvalue weighted by Crippen LogP contribution is 2.31. The van der Waals surface area contributed by atoms with Gasteiger partial charge in [-0.05, 0) is 30.7 Å². The van der Waals surface area contributed by atoms with E-state index in [9.17, 15) is 14.9 Å². The number of benzene rings is 2. The first-order valence-electron chi connectivity index (χ1n) is 5.54. The number of ketones is 1. The first kappa shape index (κ1) is 13.2. The Morgan fingerprint density at radius 2 is 1.95 bits per heavy atom. The lowest BCUT2D eigenvalue weighted by Gasteiger charge is -2.06. The molecule has 2 aromatic carbocycles. The molecule has 0 spiro atoms. The topological polar surface area (TPSA) is 60.2 Å². The van der Waals surface area contributed by atoms with Crippen LogP contribution in [0.25, 0.3) is 11.1 Å². The molecule has 0 unspecified atom stereocenters. The van der Waals surface area contributed by atoms with Crippen molar-refractivity contribution in [3.8, 4) is 11.1 Å². The van der Waals surface area contributed by atoms with Crippen molar-refractivity contribution in [3.63, 3.8) is 0 Å². The van der Waals surface area contributed by atoms with Gasteiger partial charge in [-0.25, -0.2) is 0 Å². The fourth-order valence-electron chi connectivity index (χ4n) is 1.75. The minimum absolute atomic E-state index is 0.0122. The Hall–Kier alpha value is -2.20. The predicted molar refractivity (Wildman–Crippen MR) is 73.5 cm³/mol. The lowest BCUT2D eigenvalue weighted by atomic mass is 10.0. The zero-order chi connectivity index (χ0) is 14.0. The van der Waals surface area contributed by atoms with Gasteiger partial charge in [-0.3, -0.25) is 14.9 Å². The molecule has 19 heavy (non-hydrogen) atoms. The number of halogens is 1. The number of nitrogens with zero attached hydrogens (tertiary/aromatic N) is 1. The van der Waals surface area contributed by atoms with Crippen molar-refractivity contribution in [2.75, 3.05) is 0 Å². The van der Waals surface area contributed by atoms with Gasteiger partial charge < -0.3 is 0 Å². The Morgan fingerprint density at radius 3 is 2.58 bits per heavy atom. The Bertz CT molecular complexity index is 667. The molecule has 0 aromatic heterocycles. The van der Waals surface area contributed by atoms with E-state index in [0.717, 1.165) is 0 Å². The van der Waals surface area contributed by atoms with Gasteiger partial charge in [0.05, 0.1) is 4.92 Å². The molecule has 0 N–H and O–H groups in total. The summed E-state index contributed by atoms with van der Waals surface area (Å²) in [7, 11) is 0. The van der Waals surface area contributed by atoms with Crippen LogP contribution in [0.4, 0.5) is 5.69 Å². The van der Waals surface area contributed by atoms with E-state index in [0.29, 0.717) is 21.7 Å². The maximum absolute atomic E-state index is 11.4. The van der Waals surface area contributed by atoms with Gasteiger partial charge >= 0.3 is 0 Å². The summed E-state index contributed by atoms with van der Waals surface area (Å²) in [6, 6.07) is 11.0. The van der Waals surface area contributed by atoms with Crippen molar-refractivity contribution in [1.82, 2.24) is 0 Å². The van der Waals surface area contributed by atoms with Gasteiger partial charge in [0.15, 0.2) is 5.78 Å². The Balaban J connectivity index is 2.57. The molecule has 0 saturated carbocycles. The highest BCUT2D eigenvalue weighted by atomic mass is 35.5. The molecule has 0 atom stereocenters. The van der Waals surface area contributed by atoms with Crippen LogP contribution >= 0.6 is 11.6 Å². The van der Waals surface area contributed by atoms with E-state index in [4.69, 9.17) is 11.6 Å². The normalized spacial score (nSPS) is 10.2. The van der Waals surface area contributed by atoms with Crippen molar-refractivity contribution in [3.05, 3.63) is 63.2 Å². The molecule has 0 amide bonds. The number of hydrogen-bond acceptors (Lipinski definition) is 3. The molecular weight excluding hydrogens is 266 g/mol. The van der Waals surface area contributed by atoms with E-state index in [1.165, 1.54) is 19.1 Å². The number of nitro groups is 1. The number of non-ortho nitro benzene ring substituents is 1. The summed E-state index contributed by atoms with van der Waals surface area (Å²) < 4.78 is 0. The van der Waals surface area contributed by atoms with Crippen LogP contribution in [0.5, 0.6) is 0 Å². The second-order valence-electron chi connectivity index (χ2n) is 4.06. The molecular formula is C14H10ClNO3. The van der Waals surface area contributed by atoms with Crippen LogP contribution in [0.3, 0.4) is 0 Å². The minimum atomic E-state index is -0.466. The standard InChI is InChI=1S/C14H10ClNO3/c1-9(17)10-5-6-14(15)13(8-10)11-3-2-4-12(7-11)16(18)19/h2-8H,1H3. The van der Waals surface area contributed by atoms with Gasteiger partial charge in [-0.2, -0.15) is 0 Å². The number of Topliss-reactive ketones (excluding diaryl/α,β-unsaturated/α-hetero) is 1. The molecule has 0 aliphatic carbocycles. The van der Waals surface area contributed by atoms with E-state index in [2.05, 4.69) is 0 Å². The van der Waals surface area contributed by atoms with Gasteiger partial charge in [0.2, 0.25) is 0 Å². The first-order chi connectivity index (χ1) is 8.99. The monoisotopic (exact) mass is 275 g/mol. The van der Waals surface area contributed by atoms with Crippen LogP contribution in [-0.2, 0) is 0 Å². The van der Waals surface area contributed by atoms with Gasteiger partial charge in [0, 0.05) is 28.3 Å². The van der Waals surface area contributed by atoms with Crippen LogP contribution in [-0.4, -0.2) is 10.7 Å². The zero-order valence-electron chi connectivity index (χ0n) is 10.1. The van der Waals surface area contributed by atoms with Crippen molar-refractivity contribution < 1.29 is 9.72 Å².